The fourth-order valence-corrected chi connectivity index (χ4v) is 6.44. The van der Waals surface area contributed by atoms with Gasteiger partial charge in [-0.2, -0.15) is 5.09 Å². The fraction of sp³-hybridized carbons (Fsp3) is 0.522. The molecule has 1 aliphatic heterocycles. The van der Waals surface area contributed by atoms with Crippen LogP contribution < -0.4 is 20.9 Å². The van der Waals surface area contributed by atoms with Gasteiger partial charge in [0.25, 0.3) is 5.56 Å². The molecule has 1 saturated heterocycles. The van der Waals surface area contributed by atoms with Crippen LogP contribution in [-0.2, 0) is 23.4 Å². The first-order valence-electron chi connectivity index (χ1n) is 11.9. The summed E-state index contributed by atoms with van der Waals surface area (Å²) in [5, 5.41) is 14.2. The van der Waals surface area contributed by atoms with E-state index in [0.29, 0.717) is 30.7 Å². The van der Waals surface area contributed by atoms with Crippen molar-refractivity contribution in [1.82, 2.24) is 14.6 Å². The highest BCUT2D eigenvalue weighted by atomic mass is 35.5. The number of aliphatic hydroxyl groups is 1. The molecule has 2 aliphatic carbocycles. The lowest BCUT2D eigenvalue weighted by molar-refractivity contribution is -0.146. The van der Waals surface area contributed by atoms with Gasteiger partial charge in [-0.15, -0.1) is 0 Å². The predicted molar refractivity (Wildman–Crippen MR) is 130 cm³/mol. The Morgan fingerprint density at radius 1 is 1.24 bits per heavy atom. The smallest absolute Gasteiger partial charge is 0.459 e. The molecule has 1 spiro atoms. The van der Waals surface area contributed by atoms with Crippen molar-refractivity contribution >= 4 is 25.3 Å². The number of ether oxygens (including phenoxy) is 2. The number of nitrogens with zero attached hydrogens (tertiary/aromatic N) is 1. The van der Waals surface area contributed by atoms with Gasteiger partial charge in [0.2, 0.25) is 0 Å². The highest BCUT2D eigenvalue weighted by Gasteiger charge is 2.65. The zero-order valence-electron chi connectivity index (χ0n) is 19.9. The van der Waals surface area contributed by atoms with Crippen molar-refractivity contribution < 1.29 is 33.0 Å². The third kappa shape index (κ3) is 5.14. The molecule has 2 aromatic rings. The van der Waals surface area contributed by atoms with E-state index in [1.165, 1.54) is 29.0 Å². The van der Waals surface area contributed by atoms with Crippen molar-refractivity contribution in [2.24, 2.45) is 5.41 Å². The van der Waals surface area contributed by atoms with Crippen molar-refractivity contribution in [2.75, 3.05) is 13.2 Å². The molecule has 200 valence electrons. The summed E-state index contributed by atoms with van der Waals surface area (Å²) in [7, 11) is -4.20. The highest BCUT2D eigenvalue weighted by molar-refractivity contribution is 7.52. The van der Waals surface area contributed by atoms with Crippen LogP contribution in [0.15, 0.2) is 46.1 Å². The summed E-state index contributed by atoms with van der Waals surface area (Å²) in [6, 6.07) is 7.30. The average Bonchev–Trinajstić information content (AvgIpc) is 3.77. The molecule has 5 rings (SSSR count). The van der Waals surface area contributed by atoms with E-state index in [4.69, 9.17) is 30.1 Å². The van der Waals surface area contributed by atoms with Crippen molar-refractivity contribution in [1.29, 1.82) is 0 Å². The van der Waals surface area contributed by atoms with Crippen LogP contribution in [0.1, 0.15) is 38.8 Å². The van der Waals surface area contributed by atoms with E-state index < -0.39 is 54.4 Å². The van der Waals surface area contributed by atoms with Crippen LogP contribution in [0.4, 0.5) is 0 Å². The molecule has 1 aromatic carbocycles. The SMILES string of the molecule is CCOC(=O)C1(NP(=O)(OCC2OC(n3ccc(=O)[nH]c3=O)C3(CC3)C2O)Oc2ccc(Cl)cc2)CC1. The Hall–Kier alpha value is -2.47. The second kappa shape index (κ2) is 9.68. The summed E-state index contributed by atoms with van der Waals surface area (Å²) in [6.45, 7) is 1.46. The molecule has 0 amide bonds. The Kier molecular flexibility index (Phi) is 6.84. The Labute approximate surface area is 216 Å². The molecule has 12 nitrogen and oxygen atoms in total. The second-order valence-electron chi connectivity index (χ2n) is 9.48. The van der Waals surface area contributed by atoms with Crippen molar-refractivity contribution in [3.05, 3.63) is 62.4 Å². The quantitative estimate of drug-likeness (QED) is 0.293. The summed E-state index contributed by atoms with van der Waals surface area (Å²) in [5.74, 6) is -0.380. The van der Waals surface area contributed by atoms with E-state index in [0.717, 1.165) is 0 Å². The number of carbonyl (C=O) groups excluding carboxylic acids is 1. The number of halogens is 1. The molecular weight excluding hydrogens is 529 g/mol. The number of nitrogens with one attached hydrogen (secondary N) is 2. The van der Waals surface area contributed by atoms with Crippen LogP contribution in [0.25, 0.3) is 0 Å². The van der Waals surface area contributed by atoms with Crippen molar-refractivity contribution in [3.8, 4) is 5.75 Å². The number of carbonyl (C=O) groups is 1. The van der Waals surface area contributed by atoms with Gasteiger partial charge in [0.15, 0.2) is 0 Å². The molecule has 3 fully saturated rings. The number of aliphatic hydroxyl groups excluding tert-OH is 1. The average molecular weight is 556 g/mol. The predicted octanol–water partition coefficient (Wildman–Crippen LogP) is 2.12. The van der Waals surface area contributed by atoms with Gasteiger partial charge in [-0.05, 0) is 56.9 Å². The Morgan fingerprint density at radius 2 is 1.95 bits per heavy atom. The molecule has 4 unspecified atom stereocenters. The van der Waals surface area contributed by atoms with Gasteiger partial charge in [0.05, 0.1) is 19.3 Å². The maximum atomic E-state index is 13.9. The molecular formula is C23H27ClN3O9P. The Bertz CT molecular complexity index is 1340. The van der Waals surface area contributed by atoms with E-state index in [9.17, 15) is 24.1 Å². The summed E-state index contributed by atoms with van der Waals surface area (Å²) < 4.78 is 37.7. The lowest BCUT2D eigenvalue weighted by atomic mass is 9.96. The zero-order chi connectivity index (χ0) is 26.4. The number of hydrogen-bond donors (Lipinski definition) is 3. The lowest BCUT2D eigenvalue weighted by Crippen LogP contribution is -2.41. The first-order chi connectivity index (χ1) is 17.6. The highest BCUT2D eigenvalue weighted by Crippen LogP contribution is 2.62. The van der Waals surface area contributed by atoms with Gasteiger partial charge in [-0.3, -0.25) is 23.7 Å². The molecule has 1 aromatic heterocycles. The number of hydrogen-bond acceptors (Lipinski definition) is 9. The summed E-state index contributed by atoms with van der Waals surface area (Å²) in [6.07, 6.45) is 0.396. The number of rotatable bonds is 10. The number of aromatic nitrogens is 2. The van der Waals surface area contributed by atoms with Gasteiger partial charge in [-0.25, -0.2) is 9.36 Å². The van der Waals surface area contributed by atoms with Crippen LogP contribution in [0.5, 0.6) is 5.75 Å². The van der Waals surface area contributed by atoms with Crippen LogP contribution in [-0.4, -0.2) is 51.6 Å². The summed E-state index contributed by atoms with van der Waals surface area (Å²) in [5.41, 5.74) is -3.17. The van der Waals surface area contributed by atoms with E-state index >= 15 is 0 Å². The van der Waals surface area contributed by atoms with Crippen LogP contribution in [0.2, 0.25) is 5.02 Å². The normalized spacial score (nSPS) is 26.4. The van der Waals surface area contributed by atoms with Crippen LogP contribution >= 0.6 is 19.3 Å². The van der Waals surface area contributed by atoms with E-state index in [-0.39, 0.29) is 19.0 Å². The maximum Gasteiger partial charge on any atom is 0.459 e. The third-order valence-corrected chi connectivity index (χ3v) is 8.78. The standard InChI is InChI=1S/C23H27ClN3O9P/c1-2-33-20(30)23(10-11-23)26-37(32,36-15-5-3-14(24)4-6-15)34-13-16-18(29)22(8-9-22)19(35-16)27-12-7-17(28)25-21(27)31/h3-7,12,16,18-19,29H,2,8-11,13H2,1H3,(H,26,32)(H,25,28,31). The molecule has 2 heterocycles. The van der Waals surface area contributed by atoms with Gasteiger partial charge in [-0.1, -0.05) is 11.6 Å². The zero-order valence-corrected chi connectivity index (χ0v) is 21.6. The van der Waals surface area contributed by atoms with Gasteiger partial charge >= 0.3 is 19.4 Å². The molecule has 37 heavy (non-hydrogen) atoms. The molecule has 14 heteroatoms. The lowest BCUT2D eigenvalue weighted by Gasteiger charge is -2.26. The van der Waals surface area contributed by atoms with Gasteiger partial charge in [0, 0.05) is 22.7 Å². The minimum atomic E-state index is -4.20. The molecule has 2 saturated carbocycles. The van der Waals surface area contributed by atoms with E-state index in [1.807, 2.05) is 0 Å². The van der Waals surface area contributed by atoms with Crippen molar-refractivity contribution in [3.63, 3.8) is 0 Å². The molecule has 4 atom stereocenters. The Balaban J connectivity index is 1.36. The van der Waals surface area contributed by atoms with Gasteiger partial charge in [0.1, 0.15) is 23.6 Å². The van der Waals surface area contributed by atoms with Crippen LogP contribution in [0, 0.1) is 5.41 Å². The number of esters is 1. The number of benzene rings is 1. The maximum absolute atomic E-state index is 13.9. The number of aromatic amines is 1. The second-order valence-corrected chi connectivity index (χ2v) is 11.6. The Morgan fingerprint density at radius 3 is 2.54 bits per heavy atom. The van der Waals surface area contributed by atoms with Crippen molar-refractivity contribution in [2.45, 2.75) is 56.6 Å². The molecule has 3 aliphatic rings. The first kappa shape index (κ1) is 26.1. The first-order valence-corrected chi connectivity index (χ1v) is 13.8. The molecule has 0 radical (unpaired) electrons. The number of H-pyrrole nitrogens is 1. The molecule has 0 bridgehead atoms. The third-order valence-electron chi connectivity index (χ3n) is 6.88. The largest absolute Gasteiger partial charge is 0.465 e. The van der Waals surface area contributed by atoms with Crippen LogP contribution in [0.3, 0.4) is 0 Å². The minimum Gasteiger partial charge on any atom is -0.465 e. The molecule has 3 N–H and O–H groups in total. The fourth-order valence-electron chi connectivity index (χ4n) is 4.57. The van der Waals surface area contributed by atoms with E-state index in [1.54, 1.807) is 19.1 Å². The summed E-state index contributed by atoms with van der Waals surface area (Å²) in [4.78, 5) is 38.5. The van der Waals surface area contributed by atoms with E-state index in [2.05, 4.69) is 10.1 Å². The minimum absolute atomic E-state index is 0.154. The van der Waals surface area contributed by atoms with Gasteiger partial charge < -0.3 is 19.1 Å². The topological polar surface area (TPSA) is 158 Å². The monoisotopic (exact) mass is 555 g/mol. The summed E-state index contributed by atoms with van der Waals surface area (Å²) >= 11 is 5.93.